The van der Waals surface area contributed by atoms with Crippen molar-refractivity contribution in [2.45, 2.75) is 39.8 Å². The molecule has 0 aliphatic rings. The Bertz CT molecular complexity index is 352. The van der Waals surface area contributed by atoms with Crippen LogP contribution in [0, 0.1) is 5.92 Å². The maximum absolute atomic E-state index is 5.13. The Hall–Kier alpha value is -0.390. The maximum atomic E-state index is 5.13. The van der Waals surface area contributed by atoms with E-state index in [9.17, 15) is 0 Å². The van der Waals surface area contributed by atoms with Crippen molar-refractivity contribution >= 4 is 15.9 Å². The van der Waals surface area contributed by atoms with Crippen LogP contribution < -0.4 is 5.32 Å². The van der Waals surface area contributed by atoms with E-state index < -0.39 is 0 Å². The second kappa shape index (κ2) is 7.92. The molecule has 1 N–H and O–H groups in total. The van der Waals surface area contributed by atoms with E-state index in [1.54, 1.807) is 7.11 Å². The van der Waals surface area contributed by atoms with Gasteiger partial charge in [0, 0.05) is 7.11 Å². The van der Waals surface area contributed by atoms with E-state index >= 15 is 0 Å². The van der Waals surface area contributed by atoms with Gasteiger partial charge in [-0.1, -0.05) is 20.8 Å². The molecule has 0 fully saturated rings. The van der Waals surface area contributed by atoms with Crippen LogP contribution >= 0.6 is 15.9 Å². The Balaban J connectivity index is 2.91. The minimum absolute atomic E-state index is 0.318. The lowest BCUT2D eigenvalue weighted by molar-refractivity contribution is 0.180. The van der Waals surface area contributed by atoms with Crippen molar-refractivity contribution in [1.82, 2.24) is 15.1 Å². The molecule has 0 aliphatic carbocycles. The topological polar surface area (TPSA) is 39.1 Å². The number of halogens is 1. The lowest BCUT2D eigenvalue weighted by atomic mass is 10.0. The number of nitrogens with one attached hydrogen (secondary N) is 1. The molecule has 1 heterocycles. The monoisotopic (exact) mass is 317 g/mol. The lowest BCUT2D eigenvalue weighted by Crippen LogP contribution is -2.29. The number of ether oxygens (including phenoxy) is 1. The molecular formula is C13H24BrN3O. The summed E-state index contributed by atoms with van der Waals surface area (Å²) in [5.74, 6) is 0.519. The van der Waals surface area contributed by atoms with Crippen molar-refractivity contribution < 1.29 is 4.74 Å². The van der Waals surface area contributed by atoms with Crippen molar-refractivity contribution in [3.05, 3.63) is 16.4 Å². The average Bonchev–Trinajstić information content (AvgIpc) is 2.69. The van der Waals surface area contributed by atoms with Gasteiger partial charge in [0.05, 0.1) is 35.6 Å². The SMILES string of the molecule is CCCNC(c1c(Br)cnn1CCOC)C(C)C. The highest BCUT2D eigenvalue weighted by Gasteiger charge is 2.22. The highest BCUT2D eigenvalue weighted by atomic mass is 79.9. The van der Waals surface area contributed by atoms with Gasteiger partial charge in [0.2, 0.25) is 0 Å². The van der Waals surface area contributed by atoms with Crippen molar-refractivity contribution in [2.75, 3.05) is 20.3 Å². The van der Waals surface area contributed by atoms with Crippen molar-refractivity contribution in [1.29, 1.82) is 0 Å². The molecular weight excluding hydrogens is 294 g/mol. The average molecular weight is 318 g/mol. The third kappa shape index (κ3) is 4.07. The highest BCUT2D eigenvalue weighted by Crippen LogP contribution is 2.28. The summed E-state index contributed by atoms with van der Waals surface area (Å²) in [6, 6.07) is 0.318. The molecule has 0 saturated carbocycles. The zero-order valence-corrected chi connectivity index (χ0v) is 13.3. The largest absolute Gasteiger partial charge is 0.383 e. The van der Waals surface area contributed by atoms with Crippen LogP contribution in [0.5, 0.6) is 0 Å². The summed E-state index contributed by atoms with van der Waals surface area (Å²) in [7, 11) is 1.72. The Kier molecular flexibility index (Phi) is 6.89. The van der Waals surface area contributed by atoms with E-state index in [-0.39, 0.29) is 0 Å². The second-order valence-corrected chi connectivity index (χ2v) is 5.62. The number of rotatable bonds is 8. The van der Waals surface area contributed by atoms with Crippen molar-refractivity contribution in [3.8, 4) is 0 Å². The van der Waals surface area contributed by atoms with E-state index in [1.807, 2.05) is 10.9 Å². The highest BCUT2D eigenvalue weighted by molar-refractivity contribution is 9.10. The number of methoxy groups -OCH3 is 1. The predicted octanol–water partition coefficient (Wildman–Crippen LogP) is 2.99. The number of aromatic nitrogens is 2. The fraction of sp³-hybridized carbons (Fsp3) is 0.769. The molecule has 18 heavy (non-hydrogen) atoms. The van der Waals surface area contributed by atoms with Gasteiger partial charge in [0.25, 0.3) is 0 Å². The fourth-order valence-corrected chi connectivity index (χ4v) is 2.53. The molecule has 1 aromatic heterocycles. The molecule has 1 atom stereocenters. The first-order chi connectivity index (χ1) is 8.61. The number of hydrogen-bond acceptors (Lipinski definition) is 3. The second-order valence-electron chi connectivity index (χ2n) is 4.77. The molecule has 0 radical (unpaired) electrons. The van der Waals surface area contributed by atoms with Crippen molar-refractivity contribution in [3.63, 3.8) is 0 Å². The van der Waals surface area contributed by atoms with E-state index in [2.05, 4.69) is 47.1 Å². The summed E-state index contributed by atoms with van der Waals surface area (Å²) in [6.45, 7) is 9.13. The minimum Gasteiger partial charge on any atom is -0.383 e. The van der Waals surface area contributed by atoms with E-state index in [4.69, 9.17) is 4.74 Å². The quantitative estimate of drug-likeness (QED) is 0.801. The van der Waals surface area contributed by atoms with Gasteiger partial charge in [-0.3, -0.25) is 4.68 Å². The lowest BCUT2D eigenvalue weighted by Gasteiger charge is -2.24. The summed E-state index contributed by atoms with van der Waals surface area (Å²) in [4.78, 5) is 0. The van der Waals surface area contributed by atoms with Gasteiger partial charge >= 0.3 is 0 Å². The molecule has 0 aliphatic heterocycles. The molecule has 4 nitrogen and oxygen atoms in total. The maximum Gasteiger partial charge on any atom is 0.0699 e. The van der Waals surface area contributed by atoms with Gasteiger partial charge < -0.3 is 10.1 Å². The minimum atomic E-state index is 0.318. The summed E-state index contributed by atoms with van der Waals surface area (Å²) in [5, 5.41) is 8.01. The summed E-state index contributed by atoms with van der Waals surface area (Å²) in [6.07, 6.45) is 3.00. The summed E-state index contributed by atoms with van der Waals surface area (Å²) < 4.78 is 8.23. The van der Waals surface area contributed by atoms with Crippen LogP contribution in [-0.4, -0.2) is 30.0 Å². The van der Waals surface area contributed by atoms with Gasteiger partial charge in [-0.15, -0.1) is 0 Å². The van der Waals surface area contributed by atoms with Crippen LogP contribution in [0.25, 0.3) is 0 Å². The normalized spacial score (nSPS) is 13.2. The molecule has 1 aromatic rings. The van der Waals surface area contributed by atoms with Crippen LogP contribution in [0.1, 0.15) is 38.9 Å². The van der Waals surface area contributed by atoms with Gasteiger partial charge in [0.1, 0.15) is 0 Å². The smallest absolute Gasteiger partial charge is 0.0699 e. The number of hydrogen-bond donors (Lipinski definition) is 1. The van der Waals surface area contributed by atoms with Crippen LogP contribution in [0.2, 0.25) is 0 Å². The molecule has 0 saturated heterocycles. The molecule has 0 amide bonds. The third-order valence-corrected chi connectivity index (χ3v) is 3.53. The predicted molar refractivity (Wildman–Crippen MR) is 77.7 cm³/mol. The van der Waals surface area contributed by atoms with Gasteiger partial charge in [0.15, 0.2) is 0 Å². The Morgan fingerprint density at radius 3 is 2.78 bits per heavy atom. The molecule has 1 unspecified atom stereocenters. The van der Waals surface area contributed by atoms with E-state index in [0.29, 0.717) is 18.6 Å². The van der Waals surface area contributed by atoms with E-state index in [0.717, 1.165) is 24.0 Å². The summed E-state index contributed by atoms with van der Waals surface area (Å²) in [5.41, 5.74) is 1.22. The molecule has 5 heteroatoms. The Labute approximate surface area is 118 Å². The summed E-state index contributed by atoms with van der Waals surface area (Å²) >= 11 is 3.61. The van der Waals surface area contributed by atoms with Crippen molar-refractivity contribution in [2.24, 2.45) is 5.92 Å². The molecule has 0 bridgehead atoms. The Morgan fingerprint density at radius 2 is 2.22 bits per heavy atom. The number of nitrogens with zero attached hydrogens (tertiary/aromatic N) is 2. The van der Waals surface area contributed by atoms with Crippen LogP contribution in [0.4, 0.5) is 0 Å². The zero-order chi connectivity index (χ0) is 13.5. The van der Waals surface area contributed by atoms with Crippen LogP contribution in [0.15, 0.2) is 10.7 Å². The first-order valence-electron chi connectivity index (χ1n) is 6.55. The molecule has 1 rings (SSSR count). The molecule has 0 spiro atoms. The van der Waals surface area contributed by atoms with Crippen LogP contribution in [0.3, 0.4) is 0 Å². The fourth-order valence-electron chi connectivity index (χ4n) is 1.99. The van der Waals surface area contributed by atoms with Gasteiger partial charge in [-0.25, -0.2) is 0 Å². The zero-order valence-electron chi connectivity index (χ0n) is 11.7. The Morgan fingerprint density at radius 1 is 1.50 bits per heavy atom. The standard InChI is InChI=1S/C13H24BrN3O/c1-5-6-15-12(10(2)3)13-11(14)9-16-17(13)7-8-18-4/h9-10,12,15H,5-8H2,1-4H3. The van der Waals surface area contributed by atoms with Gasteiger partial charge in [-0.05, 0) is 34.8 Å². The third-order valence-electron chi connectivity index (χ3n) is 2.92. The molecule has 104 valence electrons. The van der Waals surface area contributed by atoms with E-state index in [1.165, 1.54) is 5.69 Å². The first-order valence-corrected chi connectivity index (χ1v) is 7.34. The van der Waals surface area contributed by atoms with Crippen LogP contribution in [-0.2, 0) is 11.3 Å². The molecule has 0 aromatic carbocycles. The first kappa shape index (κ1) is 15.7. The van der Waals surface area contributed by atoms with Gasteiger partial charge in [-0.2, -0.15) is 5.10 Å².